The molecular formula is C45H83N3O. The fraction of sp³-hybridized carbons (Fsp3) is 0.822. The molecule has 4 heteroatoms. The number of allylic oxidation sites excluding steroid dienone is 8. The zero-order chi connectivity index (χ0) is 34.9. The molecule has 0 amide bonds. The smallest absolute Gasteiger partial charge is 0.136 e. The first-order valence-corrected chi connectivity index (χ1v) is 21.6. The van der Waals surface area contributed by atoms with Crippen LogP contribution in [0.1, 0.15) is 181 Å². The van der Waals surface area contributed by atoms with E-state index in [1.165, 1.54) is 180 Å². The van der Waals surface area contributed by atoms with Crippen LogP contribution in [0.5, 0.6) is 0 Å². The van der Waals surface area contributed by atoms with Crippen LogP contribution in [0.15, 0.2) is 48.6 Å². The van der Waals surface area contributed by atoms with Crippen molar-refractivity contribution in [3.63, 3.8) is 0 Å². The summed E-state index contributed by atoms with van der Waals surface area (Å²) < 4.78 is 6.16. The van der Waals surface area contributed by atoms with Crippen molar-refractivity contribution in [1.29, 1.82) is 0 Å². The van der Waals surface area contributed by atoms with Crippen LogP contribution >= 0.6 is 0 Å². The number of likely N-dealkylation sites (N-methyl/N-ethyl adjacent to an activating group) is 1. The summed E-state index contributed by atoms with van der Waals surface area (Å²) in [6, 6.07) is 0.624. The number of nitrogens with zero attached hydrogens (tertiary/aromatic N) is 2. The van der Waals surface area contributed by atoms with Gasteiger partial charge in [-0.2, -0.15) is 0 Å². The molecule has 0 aromatic carbocycles. The van der Waals surface area contributed by atoms with Crippen molar-refractivity contribution in [3.8, 4) is 0 Å². The lowest BCUT2D eigenvalue weighted by Gasteiger charge is -2.31. The Morgan fingerprint density at radius 2 is 0.939 bits per heavy atom. The Morgan fingerprint density at radius 1 is 0.531 bits per heavy atom. The summed E-state index contributed by atoms with van der Waals surface area (Å²) >= 11 is 0. The van der Waals surface area contributed by atoms with Gasteiger partial charge in [-0.3, -0.25) is 10.2 Å². The lowest BCUT2D eigenvalue weighted by Crippen LogP contribution is -2.46. The minimum atomic E-state index is 0.291. The highest BCUT2D eigenvalue weighted by Crippen LogP contribution is 2.24. The molecular weight excluding hydrogens is 599 g/mol. The zero-order valence-electron chi connectivity index (χ0n) is 33.1. The summed E-state index contributed by atoms with van der Waals surface area (Å²) in [5.74, 6) is 0. The largest absolute Gasteiger partial charge is 0.352 e. The first-order chi connectivity index (χ1) is 24.2. The number of piperazine rings is 1. The molecule has 49 heavy (non-hydrogen) atoms. The second-order valence-electron chi connectivity index (χ2n) is 15.3. The lowest BCUT2D eigenvalue weighted by molar-refractivity contribution is 0.144. The van der Waals surface area contributed by atoms with Crippen molar-refractivity contribution in [2.75, 3.05) is 39.8 Å². The summed E-state index contributed by atoms with van der Waals surface area (Å²) in [7, 11) is 2.24. The van der Waals surface area contributed by atoms with Crippen molar-refractivity contribution < 1.29 is 4.74 Å². The van der Waals surface area contributed by atoms with E-state index in [9.17, 15) is 0 Å². The van der Waals surface area contributed by atoms with Crippen LogP contribution in [0, 0.1) is 0 Å². The Hall–Kier alpha value is -1.20. The van der Waals surface area contributed by atoms with Crippen molar-refractivity contribution >= 4 is 0 Å². The number of epoxide rings is 1. The molecule has 0 aliphatic carbocycles. The summed E-state index contributed by atoms with van der Waals surface area (Å²) in [5.41, 5.74) is 0. The number of ether oxygens (including phenoxy) is 1. The molecule has 2 unspecified atom stereocenters. The van der Waals surface area contributed by atoms with E-state index in [1.807, 2.05) is 0 Å². The molecule has 2 aliphatic heterocycles. The number of hydrogen-bond acceptors (Lipinski definition) is 4. The summed E-state index contributed by atoms with van der Waals surface area (Å²) in [6.45, 7) is 10.4. The second-order valence-corrected chi connectivity index (χ2v) is 15.3. The standard InChI is InChI=1S/C45H83N3O/c1-4-6-8-10-12-14-16-18-20-22-24-26-28-30-32-34-36-43(46-45-44(49-45)42-48-40-38-47(3)39-41-48)37-35-33-31-29-27-25-23-21-19-17-15-13-11-9-7-5-2/h12-15,18-21,43-46H,4-11,16-17,22-42H2,1-3H3. The van der Waals surface area contributed by atoms with Crippen LogP contribution in [0.3, 0.4) is 0 Å². The van der Waals surface area contributed by atoms with Gasteiger partial charge in [-0.25, -0.2) is 0 Å². The molecule has 2 rings (SSSR count). The molecule has 0 aromatic rings. The minimum absolute atomic E-state index is 0.291. The highest BCUT2D eigenvalue weighted by atomic mass is 16.6. The Balaban J connectivity index is 1.52. The Bertz CT molecular complexity index is 779. The third kappa shape index (κ3) is 27.2. The molecule has 0 radical (unpaired) electrons. The predicted octanol–water partition coefficient (Wildman–Crippen LogP) is 12.3. The van der Waals surface area contributed by atoms with Gasteiger partial charge in [0, 0.05) is 38.8 Å². The van der Waals surface area contributed by atoms with Crippen LogP contribution < -0.4 is 5.32 Å². The second kappa shape index (κ2) is 32.7. The minimum Gasteiger partial charge on any atom is -0.352 e. The quantitative estimate of drug-likeness (QED) is 0.0416. The van der Waals surface area contributed by atoms with Crippen molar-refractivity contribution in [2.45, 2.75) is 199 Å². The van der Waals surface area contributed by atoms with Crippen molar-refractivity contribution in [1.82, 2.24) is 15.1 Å². The van der Waals surface area contributed by atoms with Gasteiger partial charge in [0.2, 0.25) is 0 Å². The summed E-state index contributed by atoms with van der Waals surface area (Å²) in [4.78, 5) is 5.04. The molecule has 0 spiro atoms. The normalized spacial score (nSPS) is 19.8. The van der Waals surface area contributed by atoms with Gasteiger partial charge < -0.3 is 9.64 Å². The molecule has 2 atom stereocenters. The Kier molecular flexibility index (Phi) is 29.3. The number of rotatable bonds is 34. The highest BCUT2D eigenvalue weighted by Gasteiger charge is 2.41. The monoisotopic (exact) mass is 682 g/mol. The number of nitrogens with one attached hydrogen (secondary N) is 1. The molecule has 2 saturated heterocycles. The third-order valence-corrected chi connectivity index (χ3v) is 10.5. The highest BCUT2D eigenvalue weighted by molar-refractivity contribution is 4.94. The van der Waals surface area contributed by atoms with Crippen LogP contribution in [-0.2, 0) is 4.74 Å². The van der Waals surface area contributed by atoms with E-state index in [4.69, 9.17) is 4.74 Å². The van der Waals surface area contributed by atoms with Gasteiger partial charge in [-0.1, -0.05) is 152 Å². The number of unbranched alkanes of at least 4 members (excludes halogenated alkanes) is 18. The molecule has 4 nitrogen and oxygen atoms in total. The van der Waals surface area contributed by atoms with Crippen LogP contribution in [0.2, 0.25) is 0 Å². The van der Waals surface area contributed by atoms with Crippen LogP contribution in [-0.4, -0.2) is 67.9 Å². The average molecular weight is 682 g/mol. The topological polar surface area (TPSA) is 31.0 Å². The lowest BCUT2D eigenvalue weighted by atomic mass is 9.99. The van der Waals surface area contributed by atoms with Crippen molar-refractivity contribution in [3.05, 3.63) is 48.6 Å². The molecule has 2 fully saturated rings. The number of hydrogen-bond donors (Lipinski definition) is 1. The van der Waals surface area contributed by atoms with E-state index in [2.05, 4.69) is 84.6 Å². The molecule has 0 aromatic heterocycles. The maximum absolute atomic E-state index is 6.16. The van der Waals surface area contributed by atoms with Gasteiger partial charge in [0.15, 0.2) is 0 Å². The molecule has 284 valence electrons. The molecule has 0 bridgehead atoms. The van der Waals surface area contributed by atoms with Gasteiger partial charge in [0.1, 0.15) is 12.3 Å². The van der Waals surface area contributed by atoms with Gasteiger partial charge in [-0.05, 0) is 84.1 Å². The van der Waals surface area contributed by atoms with Crippen molar-refractivity contribution in [2.24, 2.45) is 0 Å². The molecule has 2 aliphatic rings. The molecule has 2 heterocycles. The average Bonchev–Trinajstić information content (AvgIpc) is 3.85. The van der Waals surface area contributed by atoms with Gasteiger partial charge >= 0.3 is 0 Å². The van der Waals surface area contributed by atoms with E-state index < -0.39 is 0 Å². The SMILES string of the molecule is CCCCCC=CCC=CCCCCCCCCC(CCCCCCCCC=CCC=CCCCCC)NC1OC1CN1CCN(C)CC1. The van der Waals surface area contributed by atoms with E-state index in [-0.39, 0.29) is 0 Å². The first kappa shape index (κ1) is 44.0. The summed E-state index contributed by atoms with van der Waals surface area (Å²) in [6.07, 6.45) is 54.1. The Labute approximate surface area is 306 Å². The zero-order valence-corrected chi connectivity index (χ0v) is 33.1. The van der Waals surface area contributed by atoms with E-state index in [1.54, 1.807) is 0 Å². The van der Waals surface area contributed by atoms with Gasteiger partial charge in [0.05, 0.1) is 0 Å². The molecule has 0 saturated carbocycles. The fourth-order valence-corrected chi connectivity index (χ4v) is 7.01. The maximum atomic E-state index is 6.16. The Morgan fingerprint density at radius 3 is 1.39 bits per heavy atom. The molecule has 1 N–H and O–H groups in total. The van der Waals surface area contributed by atoms with Gasteiger partial charge in [0.25, 0.3) is 0 Å². The van der Waals surface area contributed by atoms with E-state index in [0.29, 0.717) is 18.4 Å². The van der Waals surface area contributed by atoms with Crippen LogP contribution in [0.25, 0.3) is 0 Å². The van der Waals surface area contributed by atoms with Gasteiger partial charge in [-0.15, -0.1) is 0 Å². The van der Waals surface area contributed by atoms with E-state index >= 15 is 0 Å². The van der Waals surface area contributed by atoms with Crippen LogP contribution in [0.4, 0.5) is 0 Å². The summed E-state index contributed by atoms with van der Waals surface area (Å²) in [5, 5.41) is 3.96. The third-order valence-electron chi connectivity index (χ3n) is 10.5. The maximum Gasteiger partial charge on any atom is 0.136 e. The predicted molar refractivity (Wildman–Crippen MR) is 217 cm³/mol. The first-order valence-electron chi connectivity index (χ1n) is 21.6. The fourth-order valence-electron chi connectivity index (χ4n) is 7.01. The van der Waals surface area contributed by atoms with E-state index in [0.717, 1.165) is 19.4 Å².